The van der Waals surface area contributed by atoms with Crippen LogP contribution in [0.4, 0.5) is 0 Å². The summed E-state index contributed by atoms with van der Waals surface area (Å²) in [6.07, 6.45) is 0. The van der Waals surface area contributed by atoms with Crippen LogP contribution >= 0.6 is 23.6 Å². The van der Waals surface area contributed by atoms with E-state index >= 15 is 0 Å². The molecule has 60 valence electrons. The van der Waals surface area contributed by atoms with Crippen molar-refractivity contribution >= 4 is 30.0 Å². The van der Waals surface area contributed by atoms with Crippen LogP contribution in [0.3, 0.4) is 0 Å². The molecular formula is C5H5NO3S2. The van der Waals surface area contributed by atoms with Crippen LogP contribution in [-0.4, -0.2) is 16.1 Å². The van der Waals surface area contributed by atoms with Crippen molar-refractivity contribution in [2.24, 2.45) is 0 Å². The normalized spacial score (nSPS) is 9.45. The van der Waals surface area contributed by atoms with Gasteiger partial charge in [-0.15, -0.1) is 11.3 Å². The molecule has 0 aliphatic rings. The Hall–Kier alpha value is -0.880. The Kier molecular flexibility index (Phi) is 2.61. The molecule has 0 spiro atoms. The maximum atomic E-state index is 9.77. The molecule has 6 heteroatoms. The van der Waals surface area contributed by atoms with Crippen molar-refractivity contribution in [1.82, 2.24) is 4.57 Å². The van der Waals surface area contributed by atoms with Gasteiger partial charge in [-0.2, -0.15) is 0 Å². The fourth-order valence-corrected chi connectivity index (χ4v) is 1.45. The Morgan fingerprint density at radius 3 is 3.09 bits per heavy atom. The van der Waals surface area contributed by atoms with Gasteiger partial charge in [-0.3, -0.25) is 9.36 Å². The van der Waals surface area contributed by atoms with Gasteiger partial charge in [0.25, 0.3) is 6.47 Å². The van der Waals surface area contributed by atoms with Gasteiger partial charge in [-0.1, -0.05) is 0 Å². The molecule has 1 aromatic rings. The topological polar surface area (TPSA) is 51.5 Å². The lowest BCUT2D eigenvalue weighted by Crippen LogP contribution is -1.99. The summed E-state index contributed by atoms with van der Waals surface area (Å²) in [5.41, 5.74) is 0. The van der Waals surface area contributed by atoms with Crippen molar-refractivity contribution in [2.45, 2.75) is 6.73 Å². The quantitative estimate of drug-likeness (QED) is 0.574. The minimum Gasteiger partial charge on any atom is -0.494 e. The van der Waals surface area contributed by atoms with Crippen molar-refractivity contribution in [2.75, 3.05) is 0 Å². The lowest BCUT2D eigenvalue weighted by molar-refractivity contribution is -0.132. The van der Waals surface area contributed by atoms with Gasteiger partial charge in [0, 0.05) is 0 Å². The van der Waals surface area contributed by atoms with Gasteiger partial charge in [0.2, 0.25) is 5.88 Å². The summed E-state index contributed by atoms with van der Waals surface area (Å²) in [5, 5.41) is 10.6. The molecular weight excluding hydrogens is 186 g/mol. The molecule has 1 rings (SSSR count). The summed E-state index contributed by atoms with van der Waals surface area (Å²) in [7, 11) is 0. The van der Waals surface area contributed by atoms with E-state index in [2.05, 4.69) is 4.74 Å². The van der Waals surface area contributed by atoms with Crippen molar-refractivity contribution in [1.29, 1.82) is 0 Å². The summed E-state index contributed by atoms with van der Waals surface area (Å²) >= 11 is 6.03. The van der Waals surface area contributed by atoms with Gasteiger partial charge in [0.15, 0.2) is 10.7 Å². The van der Waals surface area contributed by atoms with Crippen LogP contribution in [0.25, 0.3) is 0 Å². The Bertz CT molecular complexity index is 303. The molecule has 0 bridgehead atoms. The van der Waals surface area contributed by atoms with Crippen LogP contribution in [0.15, 0.2) is 5.38 Å². The van der Waals surface area contributed by atoms with Crippen molar-refractivity contribution in [3.63, 3.8) is 0 Å². The maximum absolute atomic E-state index is 9.77. The van der Waals surface area contributed by atoms with Gasteiger partial charge in [0.1, 0.15) is 0 Å². The van der Waals surface area contributed by atoms with E-state index in [0.717, 1.165) is 0 Å². The number of rotatable bonds is 3. The average Bonchev–Trinajstić information content (AvgIpc) is 2.29. The van der Waals surface area contributed by atoms with Gasteiger partial charge >= 0.3 is 0 Å². The molecule has 0 saturated heterocycles. The van der Waals surface area contributed by atoms with E-state index in [1.54, 1.807) is 0 Å². The summed E-state index contributed by atoms with van der Waals surface area (Å²) in [5.74, 6) is 0.0156. The highest BCUT2D eigenvalue weighted by molar-refractivity contribution is 7.73. The number of aromatic hydroxyl groups is 1. The monoisotopic (exact) mass is 191 g/mol. The Balaban J connectivity index is 2.83. The molecule has 1 aromatic heterocycles. The molecule has 4 nitrogen and oxygen atoms in total. The van der Waals surface area contributed by atoms with E-state index < -0.39 is 0 Å². The molecule has 0 saturated carbocycles. The smallest absolute Gasteiger partial charge is 0.294 e. The van der Waals surface area contributed by atoms with Crippen LogP contribution in [0.5, 0.6) is 5.88 Å². The highest BCUT2D eigenvalue weighted by atomic mass is 32.1. The van der Waals surface area contributed by atoms with Crippen LogP contribution in [0, 0.1) is 3.95 Å². The van der Waals surface area contributed by atoms with Crippen LogP contribution in [0.2, 0.25) is 0 Å². The number of hydrogen-bond acceptors (Lipinski definition) is 5. The molecule has 11 heavy (non-hydrogen) atoms. The number of carbonyl (C=O) groups excluding carboxylic acids is 1. The van der Waals surface area contributed by atoms with Gasteiger partial charge in [-0.25, -0.2) is 0 Å². The first kappa shape index (κ1) is 8.22. The average molecular weight is 191 g/mol. The molecule has 0 atom stereocenters. The van der Waals surface area contributed by atoms with Crippen molar-refractivity contribution in [3.8, 4) is 5.88 Å². The molecule has 1 heterocycles. The highest BCUT2D eigenvalue weighted by Gasteiger charge is 2.00. The molecule has 0 radical (unpaired) electrons. The number of carbonyl (C=O) groups is 1. The zero-order valence-electron chi connectivity index (χ0n) is 5.39. The largest absolute Gasteiger partial charge is 0.494 e. The summed E-state index contributed by atoms with van der Waals surface area (Å²) in [4.78, 5) is 9.77. The highest BCUT2D eigenvalue weighted by Crippen LogP contribution is 2.16. The number of aromatic nitrogens is 1. The number of nitrogens with zero attached hydrogens (tertiary/aromatic N) is 1. The Morgan fingerprint density at radius 2 is 2.64 bits per heavy atom. The zero-order chi connectivity index (χ0) is 8.27. The molecule has 0 amide bonds. The molecule has 0 unspecified atom stereocenters. The molecule has 1 N–H and O–H groups in total. The minimum absolute atomic E-state index is 0.0156. The van der Waals surface area contributed by atoms with Gasteiger partial charge < -0.3 is 9.84 Å². The van der Waals surface area contributed by atoms with E-state index in [4.69, 9.17) is 17.3 Å². The zero-order valence-corrected chi connectivity index (χ0v) is 7.02. The SMILES string of the molecule is O=COCn1c(O)csc1=S. The first-order valence-electron chi connectivity index (χ1n) is 2.68. The van der Waals surface area contributed by atoms with Crippen LogP contribution in [-0.2, 0) is 16.3 Å². The third-order valence-electron chi connectivity index (χ3n) is 1.03. The lowest BCUT2D eigenvalue weighted by Gasteiger charge is -2.00. The van der Waals surface area contributed by atoms with Crippen LogP contribution < -0.4 is 0 Å². The van der Waals surface area contributed by atoms with E-state index in [0.29, 0.717) is 10.4 Å². The predicted molar refractivity (Wildman–Crippen MR) is 42.0 cm³/mol. The second-order valence-electron chi connectivity index (χ2n) is 1.68. The lowest BCUT2D eigenvalue weighted by atomic mass is 10.8. The fraction of sp³-hybridized carbons (Fsp3) is 0.200. The molecule has 0 aliphatic carbocycles. The summed E-state index contributed by atoms with van der Waals surface area (Å²) in [6.45, 7) is 0.274. The number of hydrogen-bond donors (Lipinski definition) is 1. The first-order valence-corrected chi connectivity index (χ1v) is 3.97. The van der Waals surface area contributed by atoms with E-state index in [-0.39, 0.29) is 12.6 Å². The summed E-state index contributed by atoms with van der Waals surface area (Å²) in [6, 6.07) is 0. The van der Waals surface area contributed by atoms with Crippen LogP contribution in [0.1, 0.15) is 0 Å². The van der Waals surface area contributed by atoms with Gasteiger partial charge in [-0.05, 0) is 12.2 Å². The van der Waals surface area contributed by atoms with Gasteiger partial charge in [0.05, 0.1) is 5.38 Å². The Morgan fingerprint density at radius 1 is 1.91 bits per heavy atom. The fourth-order valence-electron chi connectivity index (χ4n) is 0.548. The standard InChI is InChI=1S/C5H5NO3S2/c7-3-9-2-6-4(8)1-11-5(6)10/h1,3,8H,2H2. The van der Waals surface area contributed by atoms with Crippen molar-refractivity contribution in [3.05, 3.63) is 9.33 Å². The number of ether oxygens (including phenoxy) is 1. The molecule has 0 aromatic carbocycles. The molecule has 0 aliphatic heterocycles. The predicted octanol–water partition coefficient (Wildman–Crippen LogP) is 1.12. The van der Waals surface area contributed by atoms with Crippen molar-refractivity contribution < 1.29 is 14.6 Å². The Labute approximate surface area is 71.7 Å². The second-order valence-corrected chi connectivity index (χ2v) is 3.18. The maximum Gasteiger partial charge on any atom is 0.294 e. The third kappa shape index (κ3) is 1.78. The number of thiazole rings is 1. The van der Waals surface area contributed by atoms with E-state index in [9.17, 15) is 4.79 Å². The molecule has 0 fully saturated rings. The minimum atomic E-state index is -0.0301. The summed E-state index contributed by atoms with van der Waals surface area (Å²) < 4.78 is 6.19. The second kappa shape index (κ2) is 3.49. The van der Waals surface area contributed by atoms with E-state index in [1.807, 2.05) is 0 Å². The third-order valence-corrected chi connectivity index (χ3v) is 2.29. The van der Waals surface area contributed by atoms with E-state index in [1.165, 1.54) is 21.3 Å². The first-order chi connectivity index (χ1) is 5.25.